The van der Waals surface area contributed by atoms with Gasteiger partial charge in [-0.05, 0) is 18.7 Å². The Kier molecular flexibility index (Phi) is 6.76. The quantitative estimate of drug-likeness (QED) is 0.401. The molecule has 0 bridgehead atoms. The molecule has 0 radical (unpaired) electrons. The number of benzene rings is 1. The standard InChI is InChI=1S/C20H22F4N6O/c1-25-10-12-4-3-5-15(21)19(12)27-16-9-17(26-11-14(16)20(22,23)24)28-18-8-13(6-7-31)29-30(18)2/h3-5,8-9,11,25,31H,6-7,10H2,1-2H3,(H2,26,27,28). The highest BCUT2D eigenvalue weighted by Crippen LogP contribution is 2.38. The zero-order valence-electron chi connectivity index (χ0n) is 16.9. The van der Waals surface area contributed by atoms with E-state index in [1.807, 2.05) is 0 Å². The van der Waals surface area contributed by atoms with Gasteiger partial charge in [-0.3, -0.25) is 4.68 Å². The Hall–Kier alpha value is -3.18. The number of para-hydroxylation sites is 1. The molecule has 3 aromatic rings. The second-order valence-corrected chi connectivity index (χ2v) is 6.79. The molecule has 0 aliphatic carbocycles. The van der Waals surface area contributed by atoms with Crippen LogP contribution in [0.25, 0.3) is 0 Å². The van der Waals surface area contributed by atoms with E-state index >= 15 is 0 Å². The van der Waals surface area contributed by atoms with Crippen molar-refractivity contribution in [2.75, 3.05) is 24.3 Å². The predicted octanol–water partition coefficient (Wildman–Crippen LogP) is 3.71. The van der Waals surface area contributed by atoms with Gasteiger partial charge in [-0.15, -0.1) is 0 Å². The number of pyridine rings is 1. The third kappa shape index (κ3) is 5.30. The highest BCUT2D eigenvalue weighted by Gasteiger charge is 2.34. The van der Waals surface area contributed by atoms with Gasteiger partial charge in [0.2, 0.25) is 0 Å². The Labute approximate surface area is 176 Å². The first-order valence-electron chi connectivity index (χ1n) is 9.40. The van der Waals surface area contributed by atoms with Gasteiger partial charge >= 0.3 is 6.18 Å². The molecule has 0 fully saturated rings. The smallest absolute Gasteiger partial charge is 0.396 e. The van der Waals surface area contributed by atoms with Crippen molar-refractivity contribution in [1.29, 1.82) is 0 Å². The number of anilines is 4. The Balaban J connectivity index is 1.99. The monoisotopic (exact) mass is 438 g/mol. The fourth-order valence-corrected chi connectivity index (χ4v) is 3.05. The minimum Gasteiger partial charge on any atom is -0.396 e. The van der Waals surface area contributed by atoms with Crippen LogP contribution in [0.5, 0.6) is 0 Å². The summed E-state index contributed by atoms with van der Waals surface area (Å²) in [6.07, 6.45) is -3.67. The largest absolute Gasteiger partial charge is 0.419 e. The molecule has 2 heterocycles. The summed E-state index contributed by atoms with van der Waals surface area (Å²) in [5, 5.41) is 21.6. The van der Waals surface area contributed by atoms with Crippen LogP contribution in [0.1, 0.15) is 16.8 Å². The maximum Gasteiger partial charge on any atom is 0.419 e. The molecule has 166 valence electrons. The summed E-state index contributed by atoms with van der Waals surface area (Å²) in [7, 11) is 3.30. The number of nitrogens with zero attached hydrogens (tertiary/aromatic N) is 3. The van der Waals surface area contributed by atoms with Crippen LogP contribution in [-0.4, -0.2) is 33.5 Å². The van der Waals surface area contributed by atoms with Crippen LogP contribution >= 0.6 is 0 Å². The molecule has 0 saturated carbocycles. The number of aliphatic hydroxyl groups excluding tert-OH is 1. The zero-order valence-corrected chi connectivity index (χ0v) is 16.9. The number of halogens is 4. The molecule has 4 N–H and O–H groups in total. The lowest BCUT2D eigenvalue weighted by Crippen LogP contribution is -2.13. The molecule has 3 rings (SSSR count). The molecule has 0 aliphatic rings. The van der Waals surface area contributed by atoms with Crippen molar-refractivity contribution in [3.63, 3.8) is 0 Å². The van der Waals surface area contributed by atoms with Crippen LogP contribution in [0.2, 0.25) is 0 Å². The fraction of sp³-hybridized carbons (Fsp3) is 0.300. The molecule has 1 aromatic carbocycles. The number of nitrogens with one attached hydrogen (secondary N) is 3. The molecule has 7 nitrogen and oxygen atoms in total. The van der Waals surface area contributed by atoms with E-state index < -0.39 is 17.6 Å². The first-order valence-corrected chi connectivity index (χ1v) is 9.40. The van der Waals surface area contributed by atoms with E-state index in [1.54, 1.807) is 26.2 Å². The van der Waals surface area contributed by atoms with Crippen molar-refractivity contribution in [1.82, 2.24) is 20.1 Å². The highest BCUT2D eigenvalue weighted by molar-refractivity contribution is 5.70. The van der Waals surface area contributed by atoms with Crippen molar-refractivity contribution in [2.45, 2.75) is 19.1 Å². The molecule has 2 aromatic heterocycles. The summed E-state index contributed by atoms with van der Waals surface area (Å²) in [6, 6.07) is 7.10. The van der Waals surface area contributed by atoms with Crippen molar-refractivity contribution >= 4 is 23.0 Å². The van der Waals surface area contributed by atoms with E-state index in [9.17, 15) is 17.6 Å². The van der Waals surface area contributed by atoms with Crippen LogP contribution in [0.4, 0.5) is 40.6 Å². The minimum absolute atomic E-state index is 0.0507. The van der Waals surface area contributed by atoms with Gasteiger partial charge in [-0.1, -0.05) is 12.1 Å². The lowest BCUT2D eigenvalue weighted by atomic mass is 10.1. The number of aryl methyl sites for hydroxylation is 1. The number of alkyl halides is 3. The summed E-state index contributed by atoms with van der Waals surface area (Å²) in [6.45, 7) is 0.181. The van der Waals surface area contributed by atoms with Gasteiger partial charge in [-0.25, -0.2) is 9.37 Å². The van der Waals surface area contributed by atoms with Crippen LogP contribution in [0.3, 0.4) is 0 Å². The van der Waals surface area contributed by atoms with Gasteiger partial charge in [0, 0.05) is 44.9 Å². The Morgan fingerprint density at radius 2 is 1.94 bits per heavy atom. The van der Waals surface area contributed by atoms with E-state index in [0.717, 1.165) is 6.07 Å². The third-order valence-electron chi connectivity index (χ3n) is 4.49. The summed E-state index contributed by atoms with van der Waals surface area (Å²) in [5.74, 6) is -0.0866. The normalized spacial score (nSPS) is 11.6. The summed E-state index contributed by atoms with van der Waals surface area (Å²) >= 11 is 0. The topological polar surface area (TPSA) is 87.0 Å². The van der Waals surface area contributed by atoms with Gasteiger partial charge in [-0.2, -0.15) is 18.3 Å². The molecule has 11 heteroatoms. The lowest BCUT2D eigenvalue weighted by Gasteiger charge is -2.18. The van der Waals surface area contributed by atoms with Crippen molar-refractivity contribution in [2.24, 2.45) is 7.05 Å². The number of aromatic nitrogens is 3. The van der Waals surface area contributed by atoms with E-state index in [1.165, 1.54) is 16.8 Å². The summed E-state index contributed by atoms with van der Waals surface area (Å²) in [5.41, 5.74) is -0.332. The Bertz CT molecular complexity index is 1050. The molecule has 0 unspecified atom stereocenters. The average Bonchev–Trinajstić information content (AvgIpc) is 3.03. The van der Waals surface area contributed by atoms with E-state index in [2.05, 4.69) is 26.0 Å². The maximum absolute atomic E-state index is 14.4. The van der Waals surface area contributed by atoms with Gasteiger partial charge in [0.15, 0.2) is 0 Å². The minimum atomic E-state index is -4.69. The number of rotatable bonds is 8. The molecular formula is C20H22F4N6O. The Morgan fingerprint density at radius 3 is 2.61 bits per heavy atom. The summed E-state index contributed by atoms with van der Waals surface area (Å²) < 4.78 is 56.6. The SMILES string of the molecule is CNCc1cccc(F)c1Nc1cc(Nc2cc(CCO)nn2C)ncc1C(F)(F)F. The molecular weight excluding hydrogens is 416 g/mol. The first kappa shape index (κ1) is 22.5. The Morgan fingerprint density at radius 1 is 1.16 bits per heavy atom. The van der Waals surface area contributed by atoms with Gasteiger partial charge in [0.1, 0.15) is 17.5 Å². The van der Waals surface area contributed by atoms with Crippen LogP contribution in [0.15, 0.2) is 36.5 Å². The highest BCUT2D eigenvalue weighted by atomic mass is 19.4. The van der Waals surface area contributed by atoms with Crippen LogP contribution in [0, 0.1) is 5.82 Å². The fourth-order valence-electron chi connectivity index (χ4n) is 3.05. The third-order valence-corrected chi connectivity index (χ3v) is 4.49. The summed E-state index contributed by atoms with van der Waals surface area (Å²) in [4.78, 5) is 3.85. The van der Waals surface area contributed by atoms with Gasteiger partial charge in [0.25, 0.3) is 0 Å². The molecule has 0 saturated heterocycles. The average molecular weight is 438 g/mol. The maximum atomic E-state index is 14.4. The first-order chi connectivity index (χ1) is 14.7. The van der Waals surface area contributed by atoms with E-state index in [-0.39, 0.29) is 30.3 Å². The second-order valence-electron chi connectivity index (χ2n) is 6.79. The molecule has 0 atom stereocenters. The molecule has 0 amide bonds. The number of aliphatic hydroxyl groups is 1. The zero-order chi connectivity index (χ0) is 22.6. The van der Waals surface area contributed by atoms with E-state index in [4.69, 9.17) is 5.11 Å². The van der Waals surface area contributed by atoms with Gasteiger partial charge < -0.3 is 21.1 Å². The van der Waals surface area contributed by atoms with Crippen molar-refractivity contribution < 1.29 is 22.7 Å². The van der Waals surface area contributed by atoms with Crippen LogP contribution in [-0.2, 0) is 26.2 Å². The predicted molar refractivity (Wildman–Crippen MR) is 109 cm³/mol. The van der Waals surface area contributed by atoms with Crippen molar-refractivity contribution in [3.8, 4) is 0 Å². The number of hydrogen-bond acceptors (Lipinski definition) is 6. The van der Waals surface area contributed by atoms with Crippen molar-refractivity contribution in [3.05, 3.63) is 59.2 Å². The van der Waals surface area contributed by atoms with Gasteiger partial charge in [0.05, 0.1) is 22.6 Å². The molecule has 31 heavy (non-hydrogen) atoms. The van der Waals surface area contributed by atoms with E-state index in [0.29, 0.717) is 29.7 Å². The molecule has 0 spiro atoms. The van der Waals surface area contributed by atoms with Crippen LogP contribution < -0.4 is 16.0 Å². The number of hydrogen-bond donors (Lipinski definition) is 4. The lowest BCUT2D eigenvalue weighted by molar-refractivity contribution is -0.137. The molecule has 0 aliphatic heterocycles. The second kappa shape index (κ2) is 9.31.